The number of carbonyl (C=O) groups is 1. The number of furan rings is 1. The van der Waals surface area contributed by atoms with E-state index in [1.807, 2.05) is 36.5 Å². The van der Waals surface area contributed by atoms with Crippen molar-refractivity contribution >= 4 is 5.91 Å². The molecule has 6 nitrogen and oxygen atoms in total. The van der Waals surface area contributed by atoms with Crippen LogP contribution in [-0.2, 0) is 22.6 Å². The molecule has 0 radical (unpaired) electrons. The quantitative estimate of drug-likeness (QED) is 0.901. The molecule has 3 atom stereocenters. The Balaban J connectivity index is 1.41. The van der Waals surface area contributed by atoms with Crippen LogP contribution in [0.4, 0.5) is 0 Å². The van der Waals surface area contributed by atoms with Gasteiger partial charge in [-0.15, -0.1) is 0 Å². The van der Waals surface area contributed by atoms with Crippen LogP contribution < -0.4 is 5.32 Å². The third kappa shape index (κ3) is 3.75. The molecule has 2 aliphatic heterocycles. The molecule has 6 heteroatoms. The zero-order valence-electron chi connectivity index (χ0n) is 14.1. The number of nitrogens with one attached hydrogen (secondary N) is 1. The van der Waals surface area contributed by atoms with Crippen molar-refractivity contribution in [2.24, 2.45) is 5.92 Å². The molecular weight excluding hydrogens is 318 g/mol. The van der Waals surface area contributed by atoms with Gasteiger partial charge in [-0.25, -0.2) is 0 Å². The van der Waals surface area contributed by atoms with E-state index in [0.29, 0.717) is 12.6 Å². The van der Waals surface area contributed by atoms with E-state index < -0.39 is 0 Å². The first-order valence-electron chi connectivity index (χ1n) is 8.85. The van der Waals surface area contributed by atoms with Gasteiger partial charge in [0.1, 0.15) is 5.76 Å². The van der Waals surface area contributed by atoms with Gasteiger partial charge in [0, 0.05) is 31.9 Å². The van der Waals surface area contributed by atoms with Crippen molar-refractivity contribution in [1.29, 1.82) is 0 Å². The van der Waals surface area contributed by atoms with Gasteiger partial charge in [-0.05, 0) is 37.1 Å². The fraction of sp³-hybridized carbons (Fsp3) is 0.474. The number of pyridine rings is 1. The minimum absolute atomic E-state index is 0.0661. The molecular formula is C19H23N3O3. The zero-order valence-corrected chi connectivity index (χ0v) is 14.1. The number of likely N-dealkylation sites (tertiary alicyclic amines) is 1. The van der Waals surface area contributed by atoms with Crippen molar-refractivity contribution < 1.29 is 13.9 Å². The summed E-state index contributed by atoms with van der Waals surface area (Å²) in [5, 5.41) is 2.99. The van der Waals surface area contributed by atoms with Crippen molar-refractivity contribution in [3.63, 3.8) is 0 Å². The number of hydrogen-bond donors (Lipinski definition) is 1. The Kier molecular flexibility index (Phi) is 4.81. The predicted molar refractivity (Wildman–Crippen MR) is 91.5 cm³/mol. The second-order valence-corrected chi connectivity index (χ2v) is 6.75. The summed E-state index contributed by atoms with van der Waals surface area (Å²) in [6.45, 7) is 2.70. The second kappa shape index (κ2) is 7.37. The van der Waals surface area contributed by atoms with Crippen LogP contribution in [0, 0.1) is 5.92 Å². The van der Waals surface area contributed by atoms with Gasteiger partial charge in [0.25, 0.3) is 0 Å². The van der Waals surface area contributed by atoms with E-state index in [2.05, 4.69) is 15.2 Å². The molecule has 0 spiro atoms. The Morgan fingerprint density at radius 2 is 2.28 bits per heavy atom. The Morgan fingerprint density at radius 3 is 3.08 bits per heavy atom. The molecule has 4 heterocycles. The number of aromatic nitrogens is 1. The second-order valence-electron chi connectivity index (χ2n) is 6.75. The summed E-state index contributed by atoms with van der Waals surface area (Å²) in [5.74, 6) is 0.763. The fourth-order valence-electron chi connectivity index (χ4n) is 3.86. The number of hydrogen-bond acceptors (Lipinski definition) is 5. The van der Waals surface area contributed by atoms with Crippen LogP contribution in [0.2, 0.25) is 0 Å². The minimum Gasteiger partial charge on any atom is -0.467 e. The normalized spacial score (nSPS) is 26.3. The van der Waals surface area contributed by atoms with Gasteiger partial charge in [0.15, 0.2) is 0 Å². The molecule has 0 aromatic carbocycles. The Labute approximate surface area is 147 Å². The summed E-state index contributed by atoms with van der Waals surface area (Å²) >= 11 is 0. The smallest absolute Gasteiger partial charge is 0.224 e. The standard InChI is InChI=1S/C19H23N3O3/c23-19(21-11-16-5-3-8-24-16)14-10-18-17(6-9-25-18)22(12-14)13-15-4-1-2-7-20-15/h1-5,7-8,14,17-18H,6,9-13H2,(H,21,23)/t14-,17-,18-/m1/s1. The van der Waals surface area contributed by atoms with Gasteiger partial charge in [0.2, 0.25) is 5.91 Å². The van der Waals surface area contributed by atoms with Crippen molar-refractivity contribution in [3.05, 3.63) is 54.2 Å². The number of ether oxygens (including phenoxy) is 1. The van der Waals surface area contributed by atoms with Crippen molar-refractivity contribution in [1.82, 2.24) is 15.2 Å². The van der Waals surface area contributed by atoms with E-state index in [4.69, 9.17) is 9.15 Å². The molecule has 25 heavy (non-hydrogen) atoms. The summed E-state index contributed by atoms with van der Waals surface area (Å²) in [7, 11) is 0. The van der Waals surface area contributed by atoms with E-state index in [9.17, 15) is 4.79 Å². The number of amides is 1. The average Bonchev–Trinajstić information content (AvgIpc) is 3.32. The lowest BCUT2D eigenvalue weighted by Crippen LogP contribution is -2.52. The molecule has 132 valence electrons. The first kappa shape index (κ1) is 16.3. The Morgan fingerprint density at radius 1 is 1.32 bits per heavy atom. The highest BCUT2D eigenvalue weighted by Gasteiger charge is 2.42. The molecule has 1 amide bonds. The van der Waals surface area contributed by atoms with Crippen LogP contribution in [0.25, 0.3) is 0 Å². The summed E-state index contributed by atoms with van der Waals surface area (Å²) in [6, 6.07) is 10.0. The maximum absolute atomic E-state index is 12.6. The molecule has 2 aromatic heterocycles. The van der Waals surface area contributed by atoms with Gasteiger partial charge in [-0.2, -0.15) is 0 Å². The minimum atomic E-state index is -0.0713. The Bertz CT molecular complexity index is 689. The van der Waals surface area contributed by atoms with Crippen molar-refractivity contribution in [2.45, 2.75) is 38.1 Å². The summed E-state index contributed by atoms with van der Waals surface area (Å²) in [5.41, 5.74) is 1.03. The molecule has 0 unspecified atom stereocenters. The van der Waals surface area contributed by atoms with Crippen molar-refractivity contribution in [3.8, 4) is 0 Å². The van der Waals surface area contributed by atoms with E-state index in [0.717, 1.165) is 44.0 Å². The Hall–Kier alpha value is -2.18. The first-order chi connectivity index (χ1) is 12.3. The number of nitrogens with zero attached hydrogens (tertiary/aromatic N) is 2. The maximum atomic E-state index is 12.6. The van der Waals surface area contributed by atoms with Crippen LogP contribution in [0.5, 0.6) is 0 Å². The van der Waals surface area contributed by atoms with Gasteiger partial charge < -0.3 is 14.5 Å². The average molecular weight is 341 g/mol. The molecule has 0 aliphatic carbocycles. The van der Waals surface area contributed by atoms with E-state index in [1.54, 1.807) is 6.26 Å². The van der Waals surface area contributed by atoms with Crippen LogP contribution in [0.3, 0.4) is 0 Å². The highest BCUT2D eigenvalue weighted by molar-refractivity contribution is 5.79. The fourth-order valence-corrected chi connectivity index (χ4v) is 3.86. The molecule has 2 saturated heterocycles. The lowest BCUT2D eigenvalue weighted by atomic mass is 9.89. The number of piperidine rings is 1. The molecule has 4 rings (SSSR count). The van der Waals surface area contributed by atoms with Gasteiger partial charge in [-0.1, -0.05) is 6.07 Å². The molecule has 1 N–H and O–H groups in total. The highest BCUT2D eigenvalue weighted by Crippen LogP contribution is 2.32. The van der Waals surface area contributed by atoms with Crippen LogP contribution >= 0.6 is 0 Å². The largest absolute Gasteiger partial charge is 0.467 e. The zero-order chi connectivity index (χ0) is 17.1. The van der Waals surface area contributed by atoms with Crippen LogP contribution in [-0.4, -0.2) is 41.1 Å². The number of fused-ring (bicyclic) bond motifs is 1. The first-order valence-corrected chi connectivity index (χ1v) is 8.85. The SMILES string of the molecule is O=C(NCc1ccco1)[C@@H]1C[C@H]2OCC[C@H]2N(Cc2ccccn2)C1. The third-order valence-electron chi connectivity index (χ3n) is 5.09. The maximum Gasteiger partial charge on any atom is 0.224 e. The van der Waals surface area contributed by atoms with E-state index in [-0.39, 0.29) is 17.9 Å². The van der Waals surface area contributed by atoms with Gasteiger partial charge >= 0.3 is 0 Å². The molecule has 2 fully saturated rings. The van der Waals surface area contributed by atoms with E-state index in [1.165, 1.54) is 0 Å². The number of carbonyl (C=O) groups excluding carboxylic acids is 1. The third-order valence-corrected chi connectivity index (χ3v) is 5.09. The summed E-state index contributed by atoms with van der Waals surface area (Å²) in [4.78, 5) is 19.4. The van der Waals surface area contributed by atoms with Crippen LogP contribution in [0.1, 0.15) is 24.3 Å². The lowest BCUT2D eigenvalue weighted by Gasteiger charge is -2.40. The van der Waals surface area contributed by atoms with Crippen LogP contribution in [0.15, 0.2) is 47.2 Å². The molecule has 2 aliphatic rings. The summed E-state index contributed by atoms with van der Waals surface area (Å²) in [6.07, 6.45) is 5.38. The molecule has 0 saturated carbocycles. The van der Waals surface area contributed by atoms with E-state index >= 15 is 0 Å². The highest BCUT2D eigenvalue weighted by atomic mass is 16.5. The van der Waals surface area contributed by atoms with Crippen molar-refractivity contribution in [2.75, 3.05) is 13.2 Å². The van der Waals surface area contributed by atoms with Gasteiger partial charge in [0.05, 0.1) is 30.5 Å². The molecule has 2 aromatic rings. The number of rotatable bonds is 5. The topological polar surface area (TPSA) is 67.6 Å². The summed E-state index contributed by atoms with van der Waals surface area (Å²) < 4.78 is 11.2. The monoisotopic (exact) mass is 341 g/mol. The van der Waals surface area contributed by atoms with Gasteiger partial charge in [-0.3, -0.25) is 14.7 Å². The predicted octanol–water partition coefficient (Wildman–Crippen LogP) is 1.97. The molecule has 0 bridgehead atoms. The lowest BCUT2D eigenvalue weighted by molar-refractivity contribution is -0.130.